The number of hydrogen-bond acceptors (Lipinski definition) is 3. The van der Waals surface area contributed by atoms with Crippen LogP contribution >= 0.6 is 0 Å². The van der Waals surface area contributed by atoms with Crippen LogP contribution in [0.2, 0.25) is 0 Å². The summed E-state index contributed by atoms with van der Waals surface area (Å²) in [7, 11) is 0. The number of nitriles is 1. The van der Waals surface area contributed by atoms with Crippen LogP contribution in [0.25, 0.3) is 0 Å². The molecule has 0 spiro atoms. The Morgan fingerprint density at radius 2 is 2.12 bits per heavy atom. The highest BCUT2D eigenvalue weighted by Crippen LogP contribution is 2.12. The summed E-state index contributed by atoms with van der Waals surface area (Å²) in [5.41, 5.74) is 1.08. The van der Waals surface area contributed by atoms with Crippen LogP contribution in [-0.2, 0) is 6.54 Å². The maximum Gasteiger partial charge on any atom is 0.124 e. The zero-order valence-corrected chi connectivity index (χ0v) is 10.2. The Balaban J connectivity index is 2.85. The first-order chi connectivity index (χ1) is 8.06. The molecule has 0 saturated heterocycles. The van der Waals surface area contributed by atoms with E-state index in [-0.39, 0.29) is 12.6 Å². The van der Waals surface area contributed by atoms with Crippen LogP contribution < -0.4 is 0 Å². The van der Waals surface area contributed by atoms with E-state index < -0.39 is 5.82 Å². The predicted octanol–water partition coefficient (Wildman–Crippen LogP) is 1.90. The summed E-state index contributed by atoms with van der Waals surface area (Å²) >= 11 is 0. The van der Waals surface area contributed by atoms with E-state index in [1.807, 2.05) is 24.8 Å². The van der Waals surface area contributed by atoms with Gasteiger partial charge >= 0.3 is 0 Å². The van der Waals surface area contributed by atoms with Gasteiger partial charge in [0, 0.05) is 19.1 Å². The summed E-state index contributed by atoms with van der Waals surface area (Å²) in [6.07, 6.45) is 0. The van der Waals surface area contributed by atoms with Crippen LogP contribution in [0.4, 0.5) is 4.39 Å². The number of rotatable bonds is 5. The first-order valence-corrected chi connectivity index (χ1v) is 5.61. The highest BCUT2D eigenvalue weighted by Gasteiger charge is 2.10. The zero-order valence-electron chi connectivity index (χ0n) is 10.2. The van der Waals surface area contributed by atoms with Crippen molar-refractivity contribution in [2.45, 2.75) is 26.4 Å². The molecule has 0 atom stereocenters. The van der Waals surface area contributed by atoms with Gasteiger partial charge in [-0.15, -0.1) is 0 Å². The molecule has 92 valence electrons. The third-order valence-electron chi connectivity index (χ3n) is 2.59. The molecular formula is C13H17FN2O. The second-order valence-electron chi connectivity index (χ2n) is 4.25. The van der Waals surface area contributed by atoms with E-state index in [9.17, 15) is 4.39 Å². The van der Waals surface area contributed by atoms with Gasteiger partial charge < -0.3 is 5.11 Å². The molecule has 3 nitrogen and oxygen atoms in total. The number of hydrogen-bond donors (Lipinski definition) is 1. The van der Waals surface area contributed by atoms with E-state index in [2.05, 4.69) is 0 Å². The second-order valence-corrected chi connectivity index (χ2v) is 4.25. The molecule has 0 saturated carbocycles. The maximum atomic E-state index is 13.2. The molecule has 17 heavy (non-hydrogen) atoms. The summed E-state index contributed by atoms with van der Waals surface area (Å²) in [5, 5.41) is 17.7. The van der Waals surface area contributed by atoms with Crippen molar-refractivity contribution in [3.63, 3.8) is 0 Å². The van der Waals surface area contributed by atoms with Crippen molar-refractivity contribution in [3.8, 4) is 6.07 Å². The van der Waals surface area contributed by atoms with Crippen LogP contribution in [-0.4, -0.2) is 29.2 Å². The number of nitrogens with zero attached hydrogens (tertiary/aromatic N) is 2. The second kappa shape index (κ2) is 6.33. The van der Waals surface area contributed by atoms with Gasteiger partial charge in [-0.2, -0.15) is 5.26 Å². The molecule has 4 heteroatoms. The number of benzene rings is 1. The molecule has 0 aliphatic rings. The molecule has 0 aromatic heterocycles. The van der Waals surface area contributed by atoms with Crippen LogP contribution in [0.3, 0.4) is 0 Å². The summed E-state index contributed by atoms with van der Waals surface area (Å²) in [5.74, 6) is -0.397. The highest BCUT2D eigenvalue weighted by atomic mass is 19.1. The van der Waals surface area contributed by atoms with Gasteiger partial charge in [-0.05, 0) is 37.6 Å². The zero-order chi connectivity index (χ0) is 12.8. The van der Waals surface area contributed by atoms with E-state index in [4.69, 9.17) is 10.4 Å². The van der Waals surface area contributed by atoms with E-state index in [1.165, 1.54) is 12.1 Å². The van der Waals surface area contributed by atoms with E-state index >= 15 is 0 Å². The van der Waals surface area contributed by atoms with Crippen molar-refractivity contribution in [3.05, 3.63) is 35.1 Å². The average Bonchev–Trinajstić information content (AvgIpc) is 2.27. The molecule has 0 aliphatic carbocycles. The minimum absolute atomic E-state index is 0.0681. The lowest BCUT2D eigenvalue weighted by Gasteiger charge is -2.25. The number of halogens is 1. The standard InChI is InChI=1S/C13H17FN2O/c1-10(2)16(3-4-17)9-12-5-11(8-15)6-13(14)7-12/h5-7,10,17H,3-4,9H2,1-2H3. The van der Waals surface area contributed by atoms with Gasteiger partial charge in [0.15, 0.2) is 0 Å². The first-order valence-electron chi connectivity index (χ1n) is 5.61. The van der Waals surface area contributed by atoms with Gasteiger partial charge in [0.2, 0.25) is 0 Å². The van der Waals surface area contributed by atoms with Gasteiger partial charge in [0.1, 0.15) is 5.82 Å². The quantitative estimate of drug-likeness (QED) is 0.849. The topological polar surface area (TPSA) is 47.3 Å². The normalized spacial score (nSPS) is 10.9. The van der Waals surface area contributed by atoms with Crippen LogP contribution in [0, 0.1) is 17.1 Å². The fraction of sp³-hybridized carbons (Fsp3) is 0.462. The third-order valence-corrected chi connectivity index (χ3v) is 2.59. The van der Waals surface area contributed by atoms with Crippen molar-refractivity contribution in [1.29, 1.82) is 5.26 Å². The van der Waals surface area contributed by atoms with Gasteiger partial charge in [-0.1, -0.05) is 0 Å². The molecule has 0 fully saturated rings. The van der Waals surface area contributed by atoms with Crippen molar-refractivity contribution in [2.24, 2.45) is 0 Å². The van der Waals surface area contributed by atoms with Gasteiger partial charge in [-0.3, -0.25) is 4.90 Å². The maximum absolute atomic E-state index is 13.2. The Morgan fingerprint density at radius 3 is 2.65 bits per heavy atom. The van der Waals surface area contributed by atoms with Crippen LogP contribution in [0.15, 0.2) is 18.2 Å². The smallest absolute Gasteiger partial charge is 0.124 e. The summed E-state index contributed by atoms with van der Waals surface area (Å²) < 4.78 is 13.2. The number of aliphatic hydroxyl groups is 1. The predicted molar refractivity (Wildman–Crippen MR) is 63.7 cm³/mol. The lowest BCUT2D eigenvalue weighted by molar-refractivity contribution is 0.159. The molecule has 0 unspecified atom stereocenters. The van der Waals surface area contributed by atoms with Crippen molar-refractivity contribution >= 4 is 0 Å². The van der Waals surface area contributed by atoms with Crippen LogP contribution in [0.5, 0.6) is 0 Å². The van der Waals surface area contributed by atoms with Crippen LogP contribution in [0.1, 0.15) is 25.0 Å². The Labute approximate surface area is 101 Å². The summed E-state index contributed by atoms with van der Waals surface area (Å²) in [6, 6.07) is 6.51. The van der Waals surface area contributed by atoms with Gasteiger partial charge in [-0.25, -0.2) is 4.39 Å². The minimum Gasteiger partial charge on any atom is -0.395 e. The molecule has 1 aromatic rings. The van der Waals surface area contributed by atoms with E-state index in [1.54, 1.807) is 6.07 Å². The first kappa shape index (κ1) is 13.6. The molecule has 0 bridgehead atoms. The molecular weight excluding hydrogens is 219 g/mol. The Kier molecular flexibility index (Phi) is 5.08. The fourth-order valence-corrected chi connectivity index (χ4v) is 1.69. The largest absolute Gasteiger partial charge is 0.395 e. The molecule has 1 N–H and O–H groups in total. The number of aliphatic hydroxyl groups excluding tert-OH is 1. The molecule has 0 aliphatic heterocycles. The monoisotopic (exact) mass is 236 g/mol. The molecule has 1 rings (SSSR count). The molecule has 0 radical (unpaired) electrons. The summed E-state index contributed by atoms with van der Waals surface area (Å²) in [6.45, 7) is 5.17. The van der Waals surface area contributed by atoms with E-state index in [0.29, 0.717) is 18.7 Å². The third kappa shape index (κ3) is 4.14. The Bertz CT molecular complexity index is 412. The molecule has 1 aromatic carbocycles. The lowest BCUT2D eigenvalue weighted by Crippen LogP contribution is -2.32. The Morgan fingerprint density at radius 1 is 1.41 bits per heavy atom. The fourth-order valence-electron chi connectivity index (χ4n) is 1.69. The van der Waals surface area contributed by atoms with Gasteiger partial charge in [0.05, 0.1) is 18.2 Å². The van der Waals surface area contributed by atoms with E-state index in [0.717, 1.165) is 5.56 Å². The average molecular weight is 236 g/mol. The van der Waals surface area contributed by atoms with Gasteiger partial charge in [0.25, 0.3) is 0 Å². The van der Waals surface area contributed by atoms with Crippen molar-refractivity contribution < 1.29 is 9.50 Å². The summed E-state index contributed by atoms with van der Waals surface area (Å²) in [4.78, 5) is 2.02. The molecule has 0 heterocycles. The van der Waals surface area contributed by atoms with Crippen molar-refractivity contribution in [1.82, 2.24) is 4.90 Å². The lowest BCUT2D eigenvalue weighted by atomic mass is 10.1. The highest BCUT2D eigenvalue weighted by molar-refractivity contribution is 5.33. The van der Waals surface area contributed by atoms with Crippen molar-refractivity contribution in [2.75, 3.05) is 13.2 Å². The molecule has 0 amide bonds. The minimum atomic E-state index is -0.397. The Hall–Kier alpha value is -1.44. The SMILES string of the molecule is CC(C)N(CCO)Cc1cc(F)cc(C#N)c1.